The molecule has 0 aromatic rings. The summed E-state index contributed by atoms with van der Waals surface area (Å²) in [6, 6.07) is 4.30. The van der Waals surface area contributed by atoms with E-state index in [1.165, 1.54) is 14.2 Å². The number of hydrogen-bond donors (Lipinski definition) is 0. The van der Waals surface area contributed by atoms with Gasteiger partial charge >= 0.3 is 0 Å². The molecule has 2 unspecified atom stereocenters. The number of rotatable bonds is 3. The van der Waals surface area contributed by atoms with Gasteiger partial charge in [0.2, 0.25) is 5.41 Å². The molecule has 4 nitrogen and oxygen atoms in total. The first-order valence-electron chi connectivity index (χ1n) is 6.28. The minimum atomic E-state index is -1.43. The van der Waals surface area contributed by atoms with E-state index in [4.69, 9.17) is 9.47 Å². The van der Waals surface area contributed by atoms with Crippen LogP contribution >= 0.6 is 0 Å². The molecule has 2 aliphatic carbocycles. The Balaban J connectivity index is 2.72. The van der Waals surface area contributed by atoms with Gasteiger partial charge in [-0.25, -0.2) is 0 Å². The molecule has 0 bridgehead atoms. The molecule has 4 heteroatoms. The first-order chi connectivity index (χ1) is 9.61. The Kier molecular flexibility index (Phi) is 3.53. The number of hydrogen-bond acceptors (Lipinski definition) is 4. The zero-order valence-corrected chi connectivity index (χ0v) is 11.6. The zero-order valence-electron chi connectivity index (χ0n) is 11.6. The molecule has 0 N–H and O–H groups in total. The van der Waals surface area contributed by atoms with Crippen LogP contribution < -0.4 is 0 Å². The number of methoxy groups -OCH3 is 2. The number of nitrogens with zero attached hydrogens (tertiary/aromatic N) is 2. The fraction of sp³-hybridized carbons (Fsp3) is 0.375. The summed E-state index contributed by atoms with van der Waals surface area (Å²) in [5.74, 6) is 0.255. The van der Waals surface area contributed by atoms with E-state index in [0.717, 1.165) is 5.57 Å². The van der Waals surface area contributed by atoms with E-state index in [1.807, 2.05) is 30.4 Å². The predicted molar refractivity (Wildman–Crippen MR) is 74.0 cm³/mol. The third kappa shape index (κ3) is 1.56. The van der Waals surface area contributed by atoms with Gasteiger partial charge in [-0.15, -0.1) is 0 Å². The largest absolute Gasteiger partial charge is 0.499 e. The highest BCUT2D eigenvalue weighted by molar-refractivity contribution is 5.52. The van der Waals surface area contributed by atoms with Gasteiger partial charge in [-0.1, -0.05) is 37.0 Å². The van der Waals surface area contributed by atoms with E-state index >= 15 is 0 Å². The van der Waals surface area contributed by atoms with Crippen LogP contribution in [0.5, 0.6) is 0 Å². The number of nitriles is 2. The summed E-state index contributed by atoms with van der Waals surface area (Å²) in [5, 5.41) is 19.4. The number of fused-ring (bicyclic) bond motifs is 1. The number of allylic oxidation sites excluding steroid dienone is 5. The Hall–Kier alpha value is -2.30. The highest BCUT2D eigenvalue weighted by Crippen LogP contribution is 2.58. The van der Waals surface area contributed by atoms with Crippen molar-refractivity contribution in [1.82, 2.24) is 0 Å². The summed E-state index contributed by atoms with van der Waals surface area (Å²) < 4.78 is 10.8. The maximum atomic E-state index is 9.72. The maximum Gasteiger partial charge on any atom is 0.201 e. The predicted octanol–water partition coefficient (Wildman–Crippen LogP) is 2.64. The molecule has 102 valence electrons. The monoisotopic (exact) mass is 268 g/mol. The molecule has 0 heterocycles. The van der Waals surface area contributed by atoms with E-state index < -0.39 is 11.0 Å². The molecule has 0 aliphatic heterocycles. The van der Waals surface area contributed by atoms with E-state index in [9.17, 15) is 10.5 Å². The number of ether oxygens (including phenoxy) is 2. The molecule has 1 fully saturated rings. The van der Waals surface area contributed by atoms with Gasteiger partial charge in [0.05, 0.1) is 19.2 Å². The summed E-state index contributed by atoms with van der Waals surface area (Å²) in [7, 11) is 2.96. The van der Waals surface area contributed by atoms with Gasteiger partial charge in [-0.3, -0.25) is 0 Å². The summed E-state index contributed by atoms with van der Waals surface area (Å²) in [5.41, 5.74) is -1.86. The minimum absolute atomic E-state index is 0.0452. The first kappa shape index (κ1) is 14.1. The van der Waals surface area contributed by atoms with Crippen molar-refractivity contribution < 1.29 is 9.47 Å². The van der Waals surface area contributed by atoms with E-state index in [2.05, 4.69) is 18.7 Å². The summed E-state index contributed by atoms with van der Waals surface area (Å²) in [6.07, 6.45) is 9.88. The molecule has 1 saturated carbocycles. The lowest BCUT2D eigenvalue weighted by Crippen LogP contribution is -2.46. The van der Waals surface area contributed by atoms with Crippen LogP contribution in [-0.2, 0) is 9.47 Å². The third-order valence-electron chi connectivity index (χ3n) is 4.17. The second kappa shape index (κ2) is 5.00. The lowest BCUT2D eigenvalue weighted by Gasteiger charge is -2.36. The fourth-order valence-electron chi connectivity index (χ4n) is 3.10. The molecule has 2 atom stereocenters. The van der Waals surface area contributed by atoms with Crippen molar-refractivity contribution in [2.45, 2.75) is 12.0 Å². The topological polar surface area (TPSA) is 66.0 Å². The van der Waals surface area contributed by atoms with Crippen LogP contribution in [0.15, 0.2) is 48.3 Å². The molecular weight excluding hydrogens is 252 g/mol. The average molecular weight is 268 g/mol. The highest BCUT2D eigenvalue weighted by Gasteiger charge is 2.65. The molecule has 2 aliphatic rings. The quantitative estimate of drug-likeness (QED) is 0.738. The maximum absolute atomic E-state index is 9.72. The van der Waals surface area contributed by atoms with Gasteiger partial charge in [0.1, 0.15) is 5.76 Å². The van der Waals surface area contributed by atoms with Gasteiger partial charge in [0.25, 0.3) is 0 Å². The second-order valence-electron chi connectivity index (χ2n) is 4.83. The van der Waals surface area contributed by atoms with Crippen LogP contribution in [0.4, 0.5) is 0 Å². The summed E-state index contributed by atoms with van der Waals surface area (Å²) in [6.45, 7) is 3.85. The van der Waals surface area contributed by atoms with Crippen LogP contribution in [0.25, 0.3) is 0 Å². The van der Waals surface area contributed by atoms with Crippen molar-refractivity contribution in [3.8, 4) is 12.1 Å². The van der Waals surface area contributed by atoms with Crippen molar-refractivity contribution in [2.24, 2.45) is 11.3 Å². The Morgan fingerprint density at radius 2 is 2.00 bits per heavy atom. The normalized spacial score (nSPS) is 29.6. The molecule has 20 heavy (non-hydrogen) atoms. The van der Waals surface area contributed by atoms with Gasteiger partial charge in [-0.05, 0) is 12.0 Å². The van der Waals surface area contributed by atoms with Gasteiger partial charge in [0.15, 0.2) is 5.60 Å². The third-order valence-corrected chi connectivity index (χ3v) is 4.17. The van der Waals surface area contributed by atoms with E-state index in [1.54, 1.807) is 0 Å². The Bertz CT molecular complexity index is 587. The van der Waals surface area contributed by atoms with Crippen LogP contribution in [0.2, 0.25) is 0 Å². The first-order valence-corrected chi connectivity index (χ1v) is 6.28. The van der Waals surface area contributed by atoms with Crippen molar-refractivity contribution >= 4 is 0 Å². The van der Waals surface area contributed by atoms with Gasteiger partial charge in [-0.2, -0.15) is 10.5 Å². The van der Waals surface area contributed by atoms with Crippen LogP contribution in [0, 0.1) is 34.0 Å². The summed E-state index contributed by atoms with van der Waals surface area (Å²) in [4.78, 5) is 0. The van der Waals surface area contributed by atoms with Crippen molar-refractivity contribution in [3.05, 3.63) is 48.3 Å². The van der Waals surface area contributed by atoms with E-state index in [-0.39, 0.29) is 5.92 Å². The van der Waals surface area contributed by atoms with E-state index in [0.29, 0.717) is 12.2 Å². The highest BCUT2D eigenvalue weighted by atomic mass is 16.5. The Morgan fingerprint density at radius 1 is 1.30 bits per heavy atom. The molecule has 2 rings (SSSR count). The molecule has 0 spiro atoms. The fourth-order valence-corrected chi connectivity index (χ4v) is 3.10. The molecule has 0 aromatic heterocycles. The molecule has 0 aromatic carbocycles. The SMILES string of the molecule is C=C(OC)C1(OC)CC2C=CC=CC=C2C1(C#N)C#N. The molecular formula is C16H16N2O2. The second-order valence-corrected chi connectivity index (χ2v) is 4.83. The summed E-state index contributed by atoms with van der Waals surface area (Å²) >= 11 is 0. The van der Waals surface area contributed by atoms with Crippen molar-refractivity contribution in [3.63, 3.8) is 0 Å². The molecule has 0 radical (unpaired) electrons. The zero-order chi connectivity index (χ0) is 14.8. The molecule has 0 saturated heterocycles. The van der Waals surface area contributed by atoms with Gasteiger partial charge < -0.3 is 9.47 Å². The smallest absolute Gasteiger partial charge is 0.201 e. The van der Waals surface area contributed by atoms with Crippen LogP contribution in [-0.4, -0.2) is 19.8 Å². The Morgan fingerprint density at radius 3 is 2.55 bits per heavy atom. The molecule has 0 amide bonds. The van der Waals surface area contributed by atoms with Crippen molar-refractivity contribution in [2.75, 3.05) is 14.2 Å². The van der Waals surface area contributed by atoms with Crippen LogP contribution in [0.1, 0.15) is 6.42 Å². The standard InChI is InChI=1S/C16H16N2O2/c1-12(19-2)16(20-3)9-13-7-5-4-6-8-14(13)15(16,10-17)11-18/h4-8,13H,1,9H2,2-3H3. The van der Waals surface area contributed by atoms with Gasteiger partial charge in [0, 0.05) is 13.0 Å². The lowest BCUT2D eigenvalue weighted by atomic mass is 9.72. The lowest BCUT2D eigenvalue weighted by molar-refractivity contribution is -0.0487. The average Bonchev–Trinajstić information content (AvgIpc) is 2.61. The van der Waals surface area contributed by atoms with Crippen molar-refractivity contribution in [1.29, 1.82) is 10.5 Å². The van der Waals surface area contributed by atoms with Crippen LogP contribution in [0.3, 0.4) is 0 Å². The minimum Gasteiger partial charge on any atom is -0.499 e. The Labute approximate surface area is 118 Å².